The third kappa shape index (κ3) is 2.47. The Kier molecular flexibility index (Phi) is 3.42. The first-order valence-electron chi connectivity index (χ1n) is 5.91. The number of aliphatic hydroxyl groups is 1. The van der Waals surface area contributed by atoms with Crippen LogP contribution in [0.2, 0.25) is 0 Å². The molecule has 2 rings (SSSR count). The molecule has 82 valence electrons. The van der Waals surface area contributed by atoms with Crippen molar-refractivity contribution in [3.05, 3.63) is 0 Å². The van der Waals surface area contributed by atoms with Crippen molar-refractivity contribution in [1.29, 1.82) is 0 Å². The normalized spacial score (nSPS) is 32.8. The van der Waals surface area contributed by atoms with Gasteiger partial charge in [0.05, 0.1) is 6.61 Å². The van der Waals surface area contributed by atoms with E-state index >= 15 is 0 Å². The van der Waals surface area contributed by atoms with E-state index in [1.165, 1.54) is 32.1 Å². The second kappa shape index (κ2) is 4.60. The summed E-state index contributed by atoms with van der Waals surface area (Å²) in [5.41, 5.74) is 6.05. The van der Waals surface area contributed by atoms with E-state index in [-0.39, 0.29) is 0 Å². The molecule has 0 saturated heterocycles. The minimum absolute atomic E-state index is 0.290. The van der Waals surface area contributed by atoms with Gasteiger partial charge in [-0.25, -0.2) is 0 Å². The summed E-state index contributed by atoms with van der Waals surface area (Å²) in [4.78, 5) is 2.44. The first-order valence-corrected chi connectivity index (χ1v) is 5.91. The number of hydrogen-bond acceptors (Lipinski definition) is 3. The van der Waals surface area contributed by atoms with E-state index < -0.39 is 0 Å². The number of rotatable bonds is 5. The third-order valence-electron chi connectivity index (χ3n) is 3.64. The Hall–Kier alpha value is -0.120. The molecule has 0 aromatic heterocycles. The van der Waals surface area contributed by atoms with Crippen molar-refractivity contribution in [2.24, 2.45) is 11.7 Å². The maximum absolute atomic E-state index is 8.98. The van der Waals surface area contributed by atoms with Gasteiger partial charge in [-0.15, -0.1) is 0 Å². The minimum Gasteiger partial charge on any atom is -0.395 e. The lowest BCUT2D eigenvalue weighted by Gasteiger charge is -2.26. The van der Waals surface area contributed by atoms with Crippen LogP contribution < -0.4 is 5.73 Å². The molecular weight excluding hydrogens is 176 g/mol. The van der Waals surface area contributed by atoms with E-state index in [2.05, 4.69) is 4.90 Å². The Morgan fingerprint density at radius 2 is 2.00 bits per heavy atom. The second-order valence-corrected chi connectivity index (χ2v) is 4.80. The van der Waals surface area contributed by atoms with E-state index in [0.29, 0.717) is 18.6 Å². The van der Waals surface area contributed by atoms with Gasteiger partial charge >= 0.3 is 0 Å². The molecule has 2 aliphatic carbocycles. The van der Waals surface area contributed by atoms with Crippen molar-refractivity contribution in [2.75, 3.05) is 19.7 Å². The monoisotopic (exact) mass is 198 g/mol. The maximum Gasteiger partial charge on any atom is 0.0558 e. The van der Waals surface area contributed by atoms with Crippen LogP contribution in [0.25, 0.3) is 0 Å². The van der Waals surface area contributed by atoms with Gasteiger partial charge in [0.1, 0.15) is 0 Å². The molecule has 0 bridgehead atoms. The van der Waals surface area contributed by atoms with E-state index in [1.807, 2.05) is 0 Å². The largest absolute Gasteiger partial charge is 0.395 e. The van der Waals surface area contributed by atoms with E-state index in [9.17, 15) is 0 Å². The Morgan fingerprint density at radius 1 is 1.21 bits per heavy atom. The zero-order chi connectivity index (χ0) is 9.97. The first-order chi connectivity index (χ1) is 6.81. The summed E-state index contributed by atoms with van der Waals surface area (Å²) >= 11 is 0. The zero-order valence-electron chi connectivity index (χ0n) is 8.86. The molecule has 2 unspecified atom stereocenters. The molecule has 3 N–H and O–H groups in total. The standard InChI is InChI=1S/C11H22N2O/c12-11-3-1-2-9(11)8-13(6-7-14)10-4-5-10/h9-11,14H,1-8,12H2. The number of aliphatic hydroxyl groups excluding tert-OH is 1. The molecule has 14 heavy (non-hydrogen) atoms. The number of nitrogens with zero attached hydrogens (tertiary/aromatic N) is 1. The molecule has 0 amide bonds. The van der Waals surface area contributed by atoms with Crippen molar-refractivity contribution in [3.63, 3.8) is 0 Å². The van der Waals surface area contributed by atoms with Crippen molar-refractivity contribution in [3.8, 4) is 0 Å². The average Bonchev–Trinajstić information content (AvgIpc) is 2.93. The molecule has 2 fully saturated rings. The highest BCUT2D eigenvalue weighted by Crippen LogP contribution is 2.31. The zero-order valence-corrected chi connectivity index (χ0v) is 8.86. The predicted octanol–water partition coefficient (Wildman–Crippen LogP) is 0.570. The molecule has 3 nitrogen and oxygen atoms in total. The highest BCUT2D eigenvalue weighted by Gasteiger charge is 2.33. The molecule has 0 heterocycles. The highest BCUT2D eigenvalue weighted by atomic mass is 16.3. The van der Waals surface area contributed by atoms with Crippen LogP contribution in [0.4, 0.5) is 0 Å². The van der Waals surface area contributed by atoms with E-state index in [4.69, 9.17) is 10.8 Å². The minimum atomic E-state index is 0.290. The van der Waals surface area contributed by atoms with Crippen LogP contribution in [0, 0.1) is 5.92 Å². The van der Waals surface area contributed by atoms with Gasteiger partial charge in [-0.1, -0.05) is 6.42 Å². The second-order valence-electron chi connectivity index (χ2n) is 4.80. The fraction of sp³-hybridized carbons (Fsp3) is 1.00. The summed E-state index contributed by atoms with van der Waals surface area (Å²) in [5, 5.41) is 8.98. The van der Waals surface area contributed by atoms with E-state index in [0.717, 1.165) is 19.1 Å². The van der Waals surface area contributed by atoms with Crippen LogP contribution in [0.5, 0.6) is 0 Å². The first kappa shape index (κ1) is 10.4. The molecule has 0 aromatic carbocycles. The molecule has 0 spiro atoms. The van der Waals surface area contributed by atoms with Crippen LogP contribution in [-0.4, -0.2) is 41.8 Å². The third-order valence-corrected chi connectivity index (χ3v) is 3.64. The molecule has 2 aliphatic rings. The molecule has 2 saturated carbocycles. The Labute approximate surface area is 86.3 Å². The van der Waals surface area contributed by atoms with Gasteiger partial charge in [0.2, 0.25) is 0 Å². The maximum atomic E-state index is 8.98. The van der Waals surface area contributed by atoms with Gasteiger partial charge in [-0.2, -0.15) is 0 Å². The van der Waals surface area contributed by atoms with Crippen molar-refractivity contribution < 1.29 is 5.11 Å². The van der Waals surface area contributed by atoms with Crippen LogP contribution in [0.3, 0.4) is 0 Å². The molecular formula is C11H22N2O. The van der Waals surface area contributed by atoms with Gasteiger partial charge in [-0.05, 0) is 31.6 Å². The number of nitrogens with two attached hydrogens (primary N) is 1. The molecule has 0 aliphatic heterocycles. The van der Waals surface area contributed by atoms with Gasteiger partial charge in [0.15, 0.2) is 0 Å². The molecule has 3 heteroatoms. The smallest absolute Gasteiger partial charge is 0.0558 e. The van der Waals surface area contributed by atoms with E-state index in [1.54, 1.807) is 0 Å². The van der Waals surface area contributed by atoms with Crippen LogP contribution >= 0.6 is 0 Å². The van der Waals surface area contributed by atoms with Crippen molar-refractivity contribution in [1.82, 2.24) is 4.90 Å². The topological polar surface area (TPSA) is 49.5 Å². The van der Waals surface area contributed by atoms with Gasteiger partial charge in [0, 0.05) is 25.2 Å². The molecule has 0 aromatic rings. The quantitative estimate of drug-likeness (QED) is 0.679. The summed E-state index contributed by atoms with van der Waals surface area (Å²) in [6.45, 7) is 2.25. The lowest BCUT2D eigenvalue weighted by molar-refractivity contribution is 0.164. The van der Waals surface area contributed by atoms with Gasteiger partial charge in [0.25, 0.3) is 0 Å². The Balaban J connectivity index is 1.80. The Morgan fingerprint density at radius 3 is 2.50 bits per heavy atom. The summed E-state index contributed by atoms with van der Waals surface area (Å²) in [6.07, 6.45) is 6.42. The summed E-state index contributed by atoms with van der Waals surface area (Å²) < 4.78 is 0. The summed E-state index contributed by atoms with van der Waals surface area (Å²) in [7, 11) is 0. The van der Waals surface area contributed by atoms with Crippen molar-refractivity contribution in [2.45, 2.75) is 44.2 Å². The van der Waals surface area contributed by atoms with Gasteiger partial charge in [-0.3, -0.25) is 4.90 Å². The van der Waals surface area contributed by atoms with Crippen LogP contribution in [-0.2, 0) is 0 Å². The Bertz CT molecular complexity index is 182. The average molecular weight is 198 g/mol. The fourth-order valence-electron chi connectivity index (χ4n) is 2.58. The number of hydrogen-bond donors (Lipinski definition) is 2. The van der Waals surface area contributed by atoms with Crippen molar-refractivity contribution >= 4 is 0 Å². The summed E-state index contributed by atoms with van der Waals surface area (Å²) in [6, 6.07) is 1.17. The SMILES string of the molecule is NC1CCCC1CN(CCO)C1CC1. The molecule has 0 radical (unpaired) electrons. The lowest BCUT2D eigenvalue weighted by atomic mass is 10.0. The molecule has 2 atom stereocenters. The highest BCUT2D eigenvalue weighted by molar-refractivity contribution is 4.89. The van der Waals surface area contributed by atoms with Crippen LogP contribution in [0.15, 0.2) is 0 Å². The lowest BCUT2D eigenvalue weighted by Crippen LogP contribution is -2.38. The fourth-order valence-corrected chi connectivity index (χ4v) is 2.58. The summed E-state index contributed by atoms with van der Waals surface area (Å²) in [5.74, 6) is 0.683. The van der Waals surface area contributed by atoms with Crippen LogP contribution in [0.1, 0.15) is 32.1 Å². The predicted molar refractivity (Wildman–Crippen MR) is 57.0 cm³/mol. The van der Waals surface area contributed by atoms with Gasteiger partial charge < -0.3 is 10.8 Å².